The van der Waals surface area contributed by atoms with E-state index in [0.717, 1.165) is 0 Å². The van der Waals surface area contributed by atoms with Crippen LogP contribution >= 0.6 is 0 Å². The second-order valence-corrected chi connectivity index (χ2v) is 3.50. The molecule has 5 nitrogen and oxygen atoms in total. The van der Waals surface area contributed by atoms with Gasteiger partial charge in [0.2, 0.25) is 0 Å². The van der Waals surface area contributed by atoms with Gasteiger partial charge in [-0.3, -0.25) is 4.99 Å². The summed E-state index contributed by atoms with van der Waals surface area (Å²) < 4.78 is 0. The molecule has 1 unspecified atom stereocenters. The molecule has 2 rings (SSSR count). The van der Waals surface area contributed by atoms with E-state index in [-0.39, 0.29) is 12.1 Å². The Hall–Kier alpha value is -2.17. The molecule has 1 heterocycles. The van der Waals surface area contributed by atoms with E-state index in [0.29, 0.717) is 11.1 Å². The molecule has 0 aliphatic carbocycles. The standard InChI is InChI=1S/C11H9NO4/c13-10(14)8-5-6-3-1-2-4-7(6)9(12-8)11(15)16/h1-4,8H,5H2,(H,13,14)(H,15,16). The Morgan fingerprint density at radius 2 is 1.94 bits per heavy atom. The third kappa shape index (κ3) is 1.67. The van der Waals surface area contributed by atoms with Gasteiger partial charge in [0, 0.05) is 12.0 Å². The molecule has 0 aromatic heterocycles. The lowest BCUT2D eigenvalue weighted by atomic mass is 9.94. The van der Waals surface area contributed by atoms with Crippen LogP contribution in [-0.2, 0) is 16.0 Å². The zero-order valence-electron chi connectivity index (χ0n) is 8.25. The van der Waals surface area contributed by atoms with Crippen LogP contribution in [0, 0.1) is 0 Å². The lowest BCUT2D eigenvalue weighted by Gasteiger charge is -2.18. The average Bonchev–Trinajstić information content (AvgIpc) is 2.27. The van der Waals surface area contributed by atoms with Crippen molar-refractivity contribution in [2.45, 2.75) is 12.5 Å². The van der Waals surface area contributed by atoms with E-state index in [1.54, 1.807) is 24.3 Å². The second-order valence-electron chi connectivity index (χ2n) is 3.50. The molecule has 16 heavy (non-hydrogen) atoms. The molecule has 2 N–H and O–H groups in total. The molecule has 0 saturated heterocycles. The Bertz CT molecular complexity index is 493. The van der Waals surface area contributed by atoms with Crippen LogP contribution in [0.3, 0.4) is 0 Å². The Balaban J connectivity index is 2.53. The minimum Gasteiger partial charge on any atom is -0.480 e. The van der Waals surface area contributed by atoms with Crippen LogP contribution in [-0.4, -0.2) is 33.9 Å². The van der Waals surface area contributed by atoms with Crippen molar-refractivity contribution in [3.63, 3.8) is 0 Å². The summed E-state index contributed by atoms with van der Waals surface area (Å²) in [6.07, 6.45) is 0.238. The van der Waals surface area contributed by atoms with Gasteiger partial charge in [-0.2, -0.15) is 0 Å². The molecule has 1 aliphatic heterocycles. The molecule has 1 atom stereocenters. The molecule has 0 amide bonds. The topological polar surface area (TPSA) is 87.0 Å². The van der Waals surface area contributed by atoms with Crippen molar-refractivity contribution >= 4 is 17.7 Å². The Labute approximate surface area is 91.1 Å². The number of aliphatic imine (C=N–C) groups is 1. The van der Waals surface area contributed by atoms with E-state index >= 15 is 0 Å². The first kappa shape index (κ1) is 10.4. The van der Waals surface area contributed by atoms with Gasteiger partial charge in [-0.25, -0.2) is 9.59 Å². The van der Waals surface area contributed by atoms with Gasteiger partial charge in [0.1, 0.15) is 0 Å². The van der Waals surface area contributed by atoms with Crippen LogP contribution in [0.1, 0.15) is 11.1 Å². The van der Waals surface area contributed by atoms with E-state index < -0.39 is 18.0 Å². The number of benzene rings is 1. The summed E-state index contributed by atoms with van der Waals surface area (Å²) in [7, 11) is 0. The number of rotatable bonds is 2. The van der Waals surface area contributed by atoms with E-state index in [1.807, 2.05) is 0 Å². The van der Waals surface area contributed by atoms with Crippen LogP contribution in [0.2, 0.25) is 0 Å². The van der Waals surface area contributed by atoms with Gasteiger partial charge in [-0.1, -0.05) is 24.3 Å². The minimum absolute atomic E-state index is 0.172. The fourth-order valence-corrected chi connectivity index (χ4v) is 1.72. The van der Waals surface area contributed by atoms with Gasteiger partial charge in [-0.05, 0) is 5.56 Å². The minimum atomic E-state index is -1.20. The molecule has 5 heteroatoms. The maximum absolute atomic E-state index is 11.0. The van der Waals surface area contributed by atoms with E-state index in [4.69, 9.17) is 10.2 Å². The van der Waals surface area contributed by atoms with Crippen LogP contribution in [0.15, 0.2) is 29.3 Å². The van der Waals surface area contributed by atoms with E-state index in [9.17, 15) is 9.59 Å². The van der Waals surface area contributed by atoms with Crippen LogP contribution < -0.4 is 0 Å². The molecule has 1 aromatic carbocycles. The first-order chi connectivity index (χ1) is 7.59. The molecular formula is C11H9NO4. The molecule has 82 valence electrons. The monoisotopic (exact) mass is 219 g/mol. The molecule has 1 aromatic rings. The molecular weight excluding hydrogens is 210 g/mol. The highest BCUT2D eigenvalue weighted by molar-refractivity contribution is 6.43. The number of carboxylic acids is 2. The van der Waals surface area contributed by atoms with Crippen molar-refractivity contribution in [1.29, 1.82) is 0 Å². The normalized spacial score (nSPS) is 18.5. The fourth-order valence-electron chi connectivity index (χ4n) is 1.72. The smallest absolute Gasteiger partial charge is 0.354 e. The molecule has 0 bridgehead atoms. The summed E-state index contributed by atoms with van der Waals surface area (Å²) in [6, 6.07) is 5.82. The molecule has 1 aliphatic rings. The summed E-state index contributed by atoms with van der Waals surface area (Å²) in [5, 5.41) is 17.8. The maximum atomic E-state index is 11.0. The van der Waals surface area contributed by atoms with E-state index in [2.05, 4.69) is 4.99 Å². The lowest BCUT2D eigenvalue weighted by Crippen LogP contribution is -2.31. The number of fused-ring (bicyclic) bond motifs is 1. The molecule has 0 saturated carbocycles. The predicted octanol–water partition coefficient (Wildman–Crippen LogP) is 0.570. The molecule has 0 spiro atoms. The Morgan fingerprint density at radius 3 is 2.56 bits per heavy atom. The first-order valence-corrected chi connectivity index (χ1v) is 4.72. The van der Waals surface area contributed by atoms with Gasteiger partial charge in [0.15, 0.2) is 11.8 Å². The van der Waals surface area contributed by atoms with Crippen molar-refractivity contribution < 1.29 is 19.8 Å². The second kappa shape index (κ2) is 3.77. The number of carboxylic acid groups (broad SMARTS) is 2. The van der Waals surface area contributed by atoms with Gasteiger partial charge < -0.3 is 10.2 Å². The molecule has 0 fully saturated rings. The number of carbonyl (C=O) groups is 2. The van der Waals surface area contributed by atoms with Crippen molar-refractivity contribution in [3.05, 3.63) is 35.4 Å². The quantitative estimate of drug-likeness (QED) is 0.761. The number of nitrogens with zero attached hydrogens (tertiary/aromatic N) is 1. The van der Waals surface area contributed by atoms with Gasteiger partial charge >= 0.3 is 11.9 Å². The zero-order valence-corrected chi connectivity index (χ0v) is 8.25. The van der Waals surface area contributed by atoms with E-state index in [1.165, 1.54) is 0 Å². The molecule has 0 radical (unpaired) electrons. The first-order valence-electron chi connectivity index (χ1n) is 4.72. The van der Waals surface area contributed by atoms with Gasteiger partial charge in [0.05, 0.1) is 0 Å². The summed E-state index contributed by atoms with van der Waals surface area (Å²) in [4.78, 5) is 25.5. The summed E-state index contributed by atoms with van der Waals surface area (Å²) in [5.74, 6) is -2.30. The highest BCUT2D eigenvalue weighted by Gasteiger charge is 2.28. The number of hydrogen-bond donors (Lipinski definition) is 2. The van der Waals surface area contributed by atoms with Crippen molar-refractivity contribution in [3.8, 4) is 0 Å². The van der Waals surface area contributed by atoms with Crippen molar-refractivity contribution in [2.24, 2.45) is 4.99 Å². The summed E-state index contributed by atoms with van der Waals surface area (Å²) >= 11 is 0. The van der Waals surface area contributed by atoms with Crippen molar-refractivity contribution in [1.82, 2.24) is 0 Å². The Morgan fingerprint density at radius 1 is 1.25 bits per heavy atom. The highest BCUT2D eigenvalue weighted by atomic mass is 16.4. The van der Waals surface area contributed by atoms with Gasteiger partial charge in [0.25, 0.3) is 0 Å². The third-order valence-corrected chi connectivity index (χ3v) is 2.46. The fraction of sp³-hybridized carbons (Fsp3) is 0.182. The van der Waals surface area contributed by atoms with Crippen LogP contribution in [0.25, 0.3) is 0 Å². The zero-order chi connectivity index (χ0) is 11.7. The van der Waals surface area contributed by atoms with Crippen LogP contribution in [0.4, 0.5) is 0 Å². The Kier molecular flexibility index (Phi) is 2.44. The number of aliphatic carboxylic acids is 2. The summed E-state index contributed by atoms with van der Waals surface area (Å²) in [6.45, 7) is 0. The van der Waals surface area contributed by atoms with Crippen LogP contribution in [0.5, 0.6) is 0 Å². The lowest BCUT2D eigenvalue weighted by molar-refractivity contribution is -0.138. The maximum Gasteiger partial charge on any atom is 0.354 e. The highest BCUT2D eigenvalue weighted by Crippen LogP contribution is 2.20. The number of hydrogen-bond acceptors (Lipinski definition) is 3. The average molecular weight is 219 g/mol. The third-order valence-electron chi connectivity index (χ3n) is 2.46. The van der Waals surface area contributed by atoms with Gasteiger partial charge in [-0.15, -0.1) is 0 Å². The van der Waals surface area contributed by atoms with Crippen molar-refractivity contribution in [2.75, 3.05) is 0 Å². The predicted molar refractivity (Wildman–Crippen MR) is 55.7 cm³/mol. The SMILES string of the molecule is O=C(O)C1=NC(C(=O)O)Cc2ccccc21. The summed E-state index contributed by atoms with van der Waals surface area (Å²) in [5.41, 5.74) is 1.05. The largest absolute Gasteiger partial charge is 0.480 e.